The zero-order valence-electron chi connectivity index (χ0n) is 12.9. The molecular formula is C16H19N3O3. The van der Waals surface area contributed by atoms with Crippen LogP contribution < -0.4 is 5.32 Å². The van der Waals surface area contributed by atoms with Gasteiger partial charge >= 0.3 is 5.97 Å². The van der Waals surface area contributed by atoms with Gasteiger partial charge < -0.3 is 10.1 Å². The molecule has 22 heavy (non-hydrogen) atoms. The van der Waals surface area contributed by atoms with Crippen LogP contribution in [0.3, 0.4) is 0 Å². The number of amides is 1. The molecule has 0 atom stereocenters. The molecule has 1 heterocycles. The van der Waals surface area contributed by atoms with Gasteiger partial charge in [-0.05, 0) is 37.1 Å². The van der Waals surface area contributed by atoms with Gasteiger partial charge in [0.05, 0.1) is 12.7 Å². The van der Waals surface area contributed by atoms with E-state index < -0.39 is 5.97 Å². The Kier molecular flexibility index (Phi) is 4.93. The Balaban J connectivity index is 2.18. The summed E-state index contributed by atoms with van der Waals surface area (Å²) in [5, 5.41) is 9.62. The van der Waals surface area contributed by atoms with Gasteiger partial charge in [-0.15, -0.1) is 0 Å². The lowest BCUT2D eigenvalue weighted by Gasteiger charge is -2.08. The van der Waals surface area contributed by atoms with Gasteiger partial charge in [-0.25, -0.2) is 4.79 Å². The third-order valence-corrected chi connectivity index (χ3v) is 3.29. The van der Waals surface area contributed by atoms with E-state index >= 15 is 0 Å². The number of nitrogens with zero attached hydrogens (tertiary/aromatic N) is 1. The molecule has 6 nitrogen and oxygen atoms in total. The highest BCUT2D eigenvalue weighted by Gasteiger charge is 2.14. The van der Waals surface area contributed by atoms with E-state index in [-0.39, 0.29) is 5.91 Å². The number of esters is 1. The number of carbonyl (C=O) groups is 2. The molecule has 0 saturated heterocycles. The number of nitrogens with one attached hydrogen (secondary N) is 2. The largest absolute Gasteiger partial charge is 0.465 e. The third kappa shape index (κ3) is 3.52. The molecule has 0 bridgehead atoms. The van der Waals surface area contributed by atoms with Crippen molar-refractivity contribution in [1.82, 2.24) is 10.2 Å². The van der Waals surface area contributed by atoms with Crippen molar-refractivity contribution in [2.75, 3.05) is 12.4 Å². The van der Waals surface area contributed by atoms with Gasteiger partial charge in [-0.1, -0.05) is 19.4 Å². The maximum absolute atomic E-state index is 12.2. The van der Waals surface area contributed by atoms with Crippen LogP contribution >= 0.6 is 0 Å². The van der Waals surface area contributed by atoms with E-state index in [0.29, 0.717) is 16.9 Å². The molecule has 0 radical (unpaired) electrons. The smallest absolute Gasteiger partial charge is 0.337 e. The Morgan fingerprint density at radius 3 is 2.77 bits per heavy atom. The standard InChI is InChI=1S/C16H19N3O3/c1-4-5-12-9-14(19-18-12)15(20)17-13-8-11(16(21)22-3)7-6-10(13)2/h6-9H,4-5H2,1-3H3,(H,17,20)(H,18,19). The number of benzene rings is 1. The fourth-order valence-electron chi connectivity index (χ4n) is 2.06. The molecule has 1 amide bonds. The normalized spacial score (nSPS) is 10.3. The summed E-state index contributed by atoms with van der Waals surface area (Å²) in [7, 11) is 1.32. The summed E-state index contributed by atoms with van der Waals surface area (Å²) in [6, 6.07) is 6.75. The first kappa shape index (κ1) is 15.8. The van der Waals surface area contributed by atoms with Gasteiger partial charge in [0.15, 0.2) is 5.69 Å². The molecule has 0 unspecified atom stereocenters. The van der Waals surface area contributed by atoms with Crippen LogP contribution in [0.15, 0.2) is 24.3 Å². The molecule has 6 heteroatoms. The Morgan fingerprint density at radius 2 is 2.09 bits per heavy atom. The average Bonchev–Trinajstić information content (AvgIpc) is 2.98. The minimum absolute atomic E-state index is 0.316. The lowest BCUT2D eigenvalue weighted by atomic mass is 10.1. The number of aryl methyl sites for hydroxylation is 2. The molecule has 0 fully saturated rings. The number of rotatable bonds is 5. The highest BCUT2D eigenvalue weighted by molar-refractivity contribution is 6.04. The van der Waals surface area contributed by atoms with Crippen LogP contribution in [0.1, 0.15) is 45.4 Å². The Labute approximate surface area is 128 Å². The lowest BCUT2D eigenvalue weighted by Crippen LogP contribution is -2.14. The number of carbonyl (C=O) groups excluding carboxylic acids is 2. The highest BCUT2D eigenvalue weighted by Crippen LogP contribution is 2.18. The van der Waals surface area contributed by atoms with Crippen molar-refractivity contribution in [2.24, 2.45) is 0 Å². The number of aromatic amines is 1. The SMILES string of the molecule is CCCc1cc(C(=O)Nc2cc(C(=O)OC)ccc2C)n[nH]1. The van der Waals surface area contributed by atoms with E-state index in [2.05, 4.69) is 27.2 Å². The van der Waals surface area contributed by atoms with E-state index in [1.54, 1.807) is 24.3 Å². The molecule has 0 aliphatic carbocycles. The predicted molar refractivity (Wildman–Crippen MR) is 83.1 cm³/mol. The Hall–Kier alpha value is -2.63. The maximum Gasteiger partial charge on any atom is 0.337 e. The second kappa shape index (κ2) is 6.89. The third-order valence-electron chi connectivity index (χ3n) is 3.29. The monoisotopic (exact) mass is 301 g/mol. The number of hydrogen-bond acceptors (Lipinski definition) is 4. The zero-order chi connectivity index (χ0) is 16.1. The number of H-pyrrole nitrogens is 1. The van der Waals surface area contributed by atoms with Crippen LogP contribution in [0.25, 0.3) is 0 Å². The van der Waals surface area contributed by atoms with E-state index in [1.165, 1.54) is 7.11 Å². The summed E-state index contributed by atoms with van der Waals surface area (Å²) in [5.74, 6) is -0.760. The molecule has 0 aliphatic heterocycles. The molecule has 2 aromatic rings. The molecule has 116 valence electrons. The first-order valence-corrected chi connectivity index (χ1v) is 7.09. The van der Waals surface area contributed by atoms with Crippen molar-refractivity contribution in [1.29, 1.82) is 0 Å². The van der Waals surface area contributed by atoms with E-state index in [1.807, 2.05) is 6.92 Å². The number of methoxy groups -OCH3 is 1. The average molecular weight is 301 g/mol. The fourth-order valence-corrected chi connectivity index (χ4v) is 2.06. The van der Waals surface area contributed by atoms with Crippen LogP contribution in [0.5, 0.6) is 0 Å². The zero-order valence-corrected chi connectivity index (χ0v) is 12.9. The molecule has 0 spiro atoms. The first-order chi connectivity index (χ1) is 10.5. The Morgan fingerprint density at radius 1 is 1.32 bits per heavy atom. The van der Waals surface area contributed by atoms with Crippen molar-refractivity contribution >= 4 is 17.6 Å². The van der Waals surface area contributed by atoms with Gasteiger partial charge in [0.25, 0.3) is 5.91 Å². The van der Waals surface area contributed by atoms with Crippen LogP contribution in [-0.4, -0.2) is 29.2 Å². The molecule has 0 saturated carbocycles. The predicted octanol–water partition coefficient (Wildman–Crippen LogP) is 2.71. The first-order valence-electron chi connectivity index (χ1n) is 7.09. The van der Waals surface area contributed by atoms with Crippen LogP contribution in [-0.2, 0) is 11.2 Å². The summed E-state index contributed by atoms with van der Waals surface area (Å²) in [4.78, 5) is 23.8. The van der Waals surface area contributed by atoms with E-state index in [0.717, 1.165) is 24.1 Å². The number of anilines is 1. The van der Waals surface area contributed by atoms with Gasteiger partial charge in [-0.2, -0.15) is 5.10 Å². The molecule has 0 aliphatic rings. The number of hydrogen-bond donors (Lipinski definition) is 2. The molecule has 2 rings (SSSR count). The second-order valence-corrected chi connectivity index (χ2v) is 5.00. The molecule has 2 N–H and O–H groups in total. The van der Waals surface area contributed by atoms with Gasteiger partial charge in [0, 0.05) is 11.4 Å². The van der Waals surface area contributed by atoms with Crippen LogP contribution in [0.2, 0.25) is 0 Å². The quantitative estimate of drug-likeness (QED) is 0.832. The maximum atomic E-state index is 12.2. The molecule has 1 aromatic carbocycles. The topological polar surface area (TPSA) is 84.1 Å². The van der Waals surface area contributed by atoms with Crippen LogP contribution in [0.4, 0.5) is 5.69 Å². The highest BCUT2D eigenvalue weighted by atomic mass is 16.5. The molecule has 1 aromatic heterocycles. The summed E-state index contributed by atoms with van der Waals surface area (Å²) in [5.41, 5.74) is 3.05. The fraction of sp³-hybridized carbons (Fsp3) is 0.312. The van der Waals surface area contributed by atoms with Gasteiger partial charge in [-0.3, -0.25) is 9.89 Å². The van der Waals surface area contributed by atoms with Crippen molar-refractivity contribution < 1.29 is 14.3 Å². The Bertz CT molecular complexity index is 692. The van der Waals surface area contributed by atoms with E-state index in [9.17, 15) is 9.59 Å². The summed E-state index contributed by atoms with van der Waals surface area (Å²) in [6.07, 6.45) is 1.82. The summed E-state index contributed by atoms with van der Waals surface area (Å²) in [6.45, 7) is 3.91. The van der Waals surface area contributed by atoms with Crippen molar-refractivity contribution in [3.63, 3.8) is 0 Å². The van der Waals surface area contributed by atoms with Crippen molar-refractivity contribution in [3.8, 4) is 0 Å². The van der Waals surface area contributed by atoms with Crippen LogP contribution in [0, 0.1) is 6.92 Å². The summed E-state index contributed by atoms with van der Waals surface area (Å²) < 4.78 is 4.68. The van der Waals surface area contributed by atoms with Crippen molar-refractivity contribution in [3.05, 3.63) is 46.8 Å². The second-order valence-electron chi connectivity index (χ2n) is 5.00. The molecular weight excluding hydrogens is 282 g/mol. The number of aromatic nitrogens is 2. The van der Waals surface area contributed by atoms with E-state index in [4.69, 9.17) is 0 Å². The minimum atomic E-state index is -0.444. The van der Waals surface area contributed by atoms with Crippen molar-refractivity contribution in [2.45, 2.75) is 26.7 Å². The minimum Gasteiger partial charge on any atom is -0.465 e. The number of ether oxygens (including phenoxy) is 1. The van der Waals surface area contributed by atoms with Gasteiger partial charge in [0.2, 0.25) is 0 Å². The van der Waals surface area contributed by atoms with Gasteiger partial charge in [0.1, 0.15) is 0 Å². The summed E-state index contributed by atoms with van der Waals surface area (Å²) >= 11 is 0. The lowest BCUT2D eigenvalue weighted by molar-refractivity contribution is 0.0600.